The van der Waals surface area contributed by atoms with E-state index in [1.54, 1.807) is 0 Å². The second kappa shape index (κ2) is 42.8. The molecule has 0 bridgehead atoms. The zero-order valence-corrected chi connectivity index (χ0v) is 15.6. The van der Waals surface area contributed by atoms with Crippen molar-refractivity contribution >= 4 is 0 Å². The maximum atomic E-state index is 8.57. The molecule has 17 heteroatoms. The zero-order valence-electron chi connectivity index (χ0n) is 7.12. The summed E-state index contributed by atoms with van der Waals surface area (Å²) in [6.45, 7) is 0. The summed E-state index contributed by atoms with van der Waals surface area (Å²) < 4.78 is 77.2. The number of rotatable bonds is 0. The summed E-state index contributed by atoms with van der Waals surface area (Å²) in [4.78, 5) is 0. The normalized spacial score (nSPS) is 6.35. The van der Waals surface area contributed by atoms with Gasteiger partial charge in [-0.25, -0.2) is 0 Å². The average molecular weight is 759 g/mol. The van der Waals surface area contributed by atoms with Crippen LogP contribution in [0.2, 0.25) is 0 Å². The van der Waals surface area contributed by atoms with E-state index in [2.05, 4.69) is 0 Å². The van der Waals surface area contributed by atoms with Crippen molar-refractivity contribution in [3.05, 3.63) is 0 Å². The second-order valence-corrected chi connectivity index (χ2v) is 3.80. The van der Waals surface area contributed by atoms with E-state index < -0.39 is 63.2 Å². The summed E-state index contributed by atoms with van der Waals surface area (Å²) in [5, 5.41) is 0. The average Bonchev–Trinajstić information content (AvgIpc) is 1.54. The van der Waals surface area contributed by atoms with Crippen LogP contribution in [0.3, 0.4) is 0 Å². The van der Waals surface area contributed by atoms with E-state index in [1.165, 1.54) is 0 Å². The van der Waals surface area contributed by atoms with Crippen molar-refractivity contribution < 1.29 is 154 Å². The van der Waals surface area contributed by atoms with E-state index in [0.29, 0.717) is 0 Å². The maximum Gasteiger partial charge on any atom is 3.00 e. The molecule has 0 rings (SSSR count). The standard InChI is InChI=1S/Dy.3IO3.4H2O/c;3*2-1(3)4;;;;/h;;;;4*1H2/q+3;3*-1;;;;. The van der Waals surface area contributed by atoms with E-state index in [1.807, 2.05) is 0 Å². The third-order valence-corrected chi connectivity index (χ3v) is 0. The van der Waals surface area contributed by atoms with E-state index >= 15 is 0 Å². The number of hydrogen-bond acceptors (Lipinski definition) is 9. The van der Waals surface area contributed by atoms with Gasteiger partial charge in [-0.2, -0.15) is 0 Å². The summed E-state index contributed by atoms with van der Waals surface area (Å²) in [6.07, 6.45) is 0. The van der Waals surface area contributed by atoms with Gasteiger partial charge in [-0.15, -0.1) is 0 Å². The summed E-state index contributed by atoms with van der Waals surface area (Å²) in [6, 6.07) is 0. The van der Waals surface area contributed by atoms with Crippen LogP contribution >= 0.6 is 0 Å². The van der Waals surface area contributed by atoms with E-state index in [-0.39, 0.29) is 60.1 Å². The molecule has 0 unspecified atom stereocenters. The molecule has 0 atom stereocenters. The fourth-order valence-electron chi connectivity index (χ4n) is 0. The molecular formula is H8DyI3O13. The third kappa shape index (κ3) is 628. The van der Waals surface area contributed by atoms with Gasteiger partial charge < -0.3 is 52.8 Å². The molecule has 13 nitrogen and oxygen atoms in total. The van der Waals surface area contributed by atoms with Crippen molar-refractivity contribution in [2.45, 2.75) is 0 Å². The summed E-state index contributed by atoms with van der Waals surface area (Å²) >= 11 is -12.0. The van der Waals surface area contributed by atoms with Gasteiger partial charge in [0.15, 0.2) is 0 Å². The Labute approximate surface area is 151 Å². The second-order valence-electron chi connectivity index (χ2n) is 0.567. The smallest absolute Gasteiger partial charge is 0.427 e. The van der Waals surface area contributed by atoms with Crippen LogP contribution in [0.15, 0.2) is 0 Å². The first-order chi connectivity index (χ1) is 5.20. The largest absolute Gasteiger partial charge is 3.00 e. The van der Waals surface area contributed by atoms with E-state index in [0.717, 1.165) is 0 Å². The molecule has 0 aromatic carbocycles. The predicted molar refractivity (Wildman–Crippen MR) is 14.5 cm³/mol. The van der Waals surface area contributed by atoms with Gasteiger partial charge in [0, 0.05) is 0 Å². The molecule has 8 N–H and O–H groups in total. The molecule has 0 aliphatic heterocycles. The Kier molecular flexibility index (Phi) is 126. The van der Waals surface area contributed by atoms with Crippen LogP contribution in [0.25, 0.3) is 0 Å². The SMILES string of the molecule is O.O.O.O.[Dy+3].[O-][I+2]([O-])[O-].[O-][I+2]([O-])[O-].[O-][I+2]([O-])[O-]. The van der Waals surface area contributed by atoms with Crippen molar-refractivity contribution in [1.29, 1.82) is 0 Å². The first kappa shape index (κ1) is 50.2. The van der Waals surface area contributed by atoms with Crippen LogP contribution in [-0.2, 0) is 0 Å². The fourth-order valence-corrected chi connectivity index (χ4v) is 0. The summed E-state index contributed by atoms with van der Waals surface area (Å²) in [5.74, 6) is 0. The van der Waals surface area contributed by atoms with Crippen LogP contribution in [0.5, 0.6) is 0 Å². The van der Waals surface area contributed by atoms with Gasteiger partial charge in [0.1, 0.15) is 0 Å². The fraction of sp³-hybridized carbons (Fsp3) is 0. The van der Waals surface area contributed by atoms with E-state index in [4.69, 9.17) is 30.9 Å². The molecule has 0 aliphatic carbocycles. The van der Waals surface area contributed by atoms with Crippen LogP contribution in [-0.4, -0.2) is 21.9 Å². The number of hydrogen-bond donors (Lipinski definition) is 0. The topological polar surface area (TPSA) is 334 Å². The Balaban J connectivity index is -0.0000000104. The van der Waals surface area contributed by atoms with Crippen molar-refractivity contribution in [2.24, 2.45) is 0 Å². The molecule has 0 saturated heterocycles. The van der Waals surface area contributed by atoms with Crippen LogP contribution < -0.4 is 94.1 Å². The first-order valence-electron chi connectivity index (χ1n) is 1.39. The zero-order chi connectivity index (χ0) is 10.7. The molecule has 0 aromatic heterocycles. The minimum atomic E-state index is -4.01. The third-order valence-electron chi connectivity index (χ3n) is 0. The predicted octanol–water partition coefficient (Wildman–Crippen LogP) is -23.0. The van der Waals surface area contributed by atoms with E-state index in [9.17, 15) is 0 Å². The van der Waals surface area contributed by atoms with Gasteiger partial charge in [-0.05, 0) is 0 Å². The molecule has 17 heavy (non-hydrogen) atoms. The van der Waals surface area contributed by atoms with Crippen LogP contribution in [0, 0.1) is 38.2 Å². The van der Waals surface area contributed by atoms with Crippen LogP contribution in [0.4, 0.5) is 0 Å². The monoisotopic (exact) mass is 761 g/mol. The molecule has 0 amide bonds. The molecule has 0 spiro atoms. The van der Waals surface area contributed by atoms with Gasteiger partial charge in [-0.3, -0.25) is 0 Å². The Bertz CT molecular complexity index is 45.2. The molecule has 0 fully saturated rings. The van der Waals surface area contributed by atoms with Crippen molar-refractivity contribution in [3.63, 3.8) is 0 Å². The molecule has 0 aromatic rings. The Morgan fingerprint density at radius 1 is 0.353 bits per heavy atom. The Hall–Kier alpha value is 2.94. The minimum absolute atomic E-state index is 0. The van der Waals surface area contributed by atoms with Gasteiger partial charge in [0.05, 0.1) is 0 Å². The minimum Gasteiger partial charge on any atom is -0.427 e. The van der Waals surface area contributed by atoms with Gasteiger partial charge >= 0.3 is 38.2 Å². The Morgan fingerprint density at radius 3 is 0.353 bits per heavy atom. The van der Waals surface area contributed by atoms with Crippen molar-refractivity contribution in [1.82, 2.24) is 0 Å². The molecule has 117 valence electrons. The van der Waals surface area contributed by atoms with Gasteiger partial charge in [0.25, 0.3) is 63.2 Å². The summed E-state index contributed by atoms with van der Waals surface area (Å²) in [7, 11) is 0. The molecule has 0 saturated carbocycles. The molecular weight excluding hydrogens is 751 g/mol. The molecule has 0 heterocycles. The number of halogens is 3. The van der Waals surface area contributed by atoms with Crippen molar-refractivity contribution in [3.8, 4) is 0 Å². The summed E-state index contributed by atoms with van der Waals surface area (Å²) in [5.41, 5.74) is 0. The molecule has 1 radical (unpaired) electrons. The Morgan fingerprint density at radius 2 is 0.353 bits per heavy atom. The van der Waals surface area contributed by atoms with Crippen molar-refractivity contribution in [2.75, 3.05) is 0 Å². The van der Waals surface area contributed by atoms with Gasteiger partial charge in [0.2, 0.25) is 0 Å². The molecule has 0 aliphatic rings. The quantitative estimate of drug-likeness (QED) is 0.211. The first-order valence-corrected chi connectivity index (χ1v) is 9.32. The maximum absolute atomic E-state index is 8.57. The van der Waals surface area contributed by atoms with Crippen LogP contribution in [0.1, 0.15) is 0 Å². The van der Waals surface area contributed by atoms with Gasteiger partial charge in [-0.1, -0.05) is 0 Å².